The predicted octanol–water partition coefficient (Wildman–Crippen LogP) is 2.40. The summed E-state index contributed by atoms with van der Waals surface area (Å²) in [6, 6.07) is 7.46. The highest BCUT2D eigenvalue weighted by Gasteiger charge is 2.25. The number of likely N-dealkylation sites (N-methyl/N-ethyl adjacent to an activating group) is 1. The number of carbonyl (C=O) groups is 2. The number of carbonyl (C=O) groups excluding carboxylic acids is 2. The van der Waals surface area contributed by atoms with Crippen molar-refractivity contribution < 1.29 is 9.59 Å². The van der Waals surface area contributed by atoms with Gasteiger partial charge in [0.1, 0.15) is 0 Å². The number of rotatable bonds is 4. The van der Waals surface area contributed by atoms with Crippen LogP contribution in [0.25, 0.3) is 0 Å². The topological polar surface area (TPSA) is 55.2 Å². The molecule has 23 heavy (non-hydrogen) atoms. The third-order valence-electron chi connectivity index (χ3n) is 4.41. The number of hydrogen-bond acceptors (Lipinski definition) is 3. The zero-order chi connectivity index (χ0) is 16.6. The van der Waals surface area contributed by atoms with Gasteiger partial charge in [-0.2, -0.15) is 5.10 Å². The summed E-state index contributed by atoms with van der Waals surface area (Å²) in [7, 11) is 1.80. The molecule has 0 aliphatic heterocycles. The lowest BCUT2D eigenvalue weighted by molar-refractivity contribution is 0.0787. The molecule has 0 atom stereocenters. The second kappa shape index (κ2) is 5.99. The Kier molecular flexibility index (Phi) is 4.03. The molecule has 1 amide bonds. The highest BCUT2D eigenvalue weighted by molar-refractivity contribution is 6.05. The maximum Gasteiger partial charge on any atom is 0.253 e. The fraction of sp³-hybridized carbons (Fsp3) is 0.389. The van der Waals surface area contributed by atoms with Crippen LogP contribution in [0.5, 0.6) is 0 Å². The molecule has 0 N–H and O–H groups in total. The van der Waals surface area contributed by atoms with Crippen molar-refractivity contribution in [3.8, 4) is 0 Å². The molecule has 0 saturated carbocycles. The minimum atomic E-state index is -0.0296. The molecule has 5 nitrogen and oxygen atoms in total. The Hall–Kier alpha value is -2.43. The van der Waals surface area contributed by atoms with E-state index >= 15 is 0 Å². The van der Waals surface area contributed by atoms with Gasteiger partial charge in [-0.05, 0) is 38.0 Å². The van der Waals surface area contributed by atoms with Gasteiger partial charge in [-0.15, -0.1) is 0 Å². The molecule has 3 rings (SSSR count). The lowest BCUT2D eigenvalue weighted by Crippen LogP contribution is -2.31. The van der Waals surface area contributed by atoms with Gasteiger partial charge >= 0.3 is 0 Å². The summed E-state index contributed by atoms with van der Waals surface area (Å²) in [5, 5.41) is 4.42. The third kappa shape index (κ3) is 2.91. The summed E-state index contributed by atoms with van der Waals surface area (Å²) >= 11 is 0. The van der Waals surface area contributed by atoms with Crippen LogP contribution in [0.1, 0.15) is 44.1 Å². The molecule has 1 aromatic carbocycles. The van der Waals surface area contributed by atoms with Gasteiger partial charge in [-0.3, -0.25) is 14.3 Å². The Morgan fingerprint density at radius 3 is 2.78 bits per heavy atom. The molecule has 2 aromatic rings. The predicted molar refractivity (Wildman–Crippen MR) is 87.8 cm³/mol. The van der Waals surface area contributed by atoms with Gasteiger partial charge in [0.2, 0.25) is 0 Å². The van der Waals surface area contributed by atoms with Gasteiger partial charge in [0, 0.05) is 36.8 Å². The monoisotopic (exact) mass is 311 g/mol. The van der Waals surface area contributed by atoms with Crippen LogP contribution in [0.15, 0.2) is 24.3 Å². The van der Waals surface area contributed by atoms with Crippen LogP contribution in [0.4, 0.5) is 0 Å². The van der Waals surface area contributed by atoms with Crippen LogP contribution < -0.4 is 0 Å². The van der Waals surface area contributed by atoms with Crippen molar-refractivity contribution in [1.82, 2.24) is 14.7 Å². The number of hydrogen-bond donors (Lipinski definition) is 0. The van der Waals surface area contributed by atoms with Crippen molar-refractivity contribution in [2.24, 2.45) is 0 Å². The number of amides is 1. The number of aromatic nitrogens is 2. The number of nitrogens with zero attached hydrogens (tertiary/aromatic N) is 3. The van der Waals surface area contributed by atoms with E-state index in [1.807, 2.05) is 36.7 Å². The summed E-state index contributed by atoms with van der Waals surface area (Å²) < 4.78 is 1.91. The van der Waals surface area contributed by atoms with E-state index in [-0.39, 0.29) is 11.7 Å². The summed E-state index contributed by atoms with van der Waals surface area (Å²) in [5.41, 5.74) is 4.35. The van der Waals surface area contributed by atoms with Crippen LogP contribution in [0.2, 0.25) is 0 Å². The second-order valence-corrected chi connectivity index (χ2v) is 6.13. The van der Waals surface area contributed by atoms with E-state index in [4.69, 9.17) is 0 Å². The molecule has 0 radical (unpaired) electrons. The van der Waals surface area contributed by atoms with Gasteiger partial charge in [0.25, 0.3) is 5.91 Å². The fourth-order valence-corrected chi connectivity index (χ4v) is 3.14. The van der Waals surface area contributed by atoms with Crippen LogP contribution in [-0.2, 0) is 13.0 Å². The van der Waals surface area contributed by atoms with Crippen LogP contribution in [-0.4, -0.2) is 40.0 Å². The van der Waals surface area contributed by atoms with Gasteiger partial charge < -0.3 is 4.90 Å². The molecule has 5 heteroatoms. The molecule has 0 spiro atoms. The molecule has 1 aliphatic carbocycles. The van der Waals surface area contributed by atoms with Gasteiger partial charge in [0.15, 0.2) is 5.78 Å². The molecule has 0 fully saturated rings. The zero-order valence-corrected chi connectivity index (χ0v) is 13.8. The summed E-state index contributed by atoms with van der Waals surface area (Å²) in [6.45, 7) is 5.22. The van der Waals surface area contributed by atoms with Gasteiger partial charge in [0.05, 0.1) is 12.2 Å². The SMILES string of the molecule is Cc1cc(C)n(CCN(C)C(=O)c2cccc3c2CCC3=O)n1. The standard InChI is InChI=1S/C18H21N3O2/c1-12-11-13(2)21(19-12)10-9-20(3)18(23)16-6-4-5-15-14(16)7-8-17(15)22/h4-6,11H,7-10H2,1-3H3. The number of aryl methyl sites for hydroxylation is 2. The largest absolute Gasteiger partial charge is 0.340 e. The lowest BCUT2D eigenvalue weighted by atomic mass is 10.0. The van der Waals surface area contributed by atoms with E-state index in [9.17, 15) is 9.59 Å². The van der Waals surface area contributed by atoms with Crippen molar-refractivity contribution in [3.05, 3.63) is 52.3 Å². The zero-order valence-electron chi connectivity index (χ0n) is 13.8. The molecule has 0 unspecified atom stereocenters. The first-order chi connectivity index (χ1) is 11.0. The number of fused-ring (bicyclic) bond motifs is 1. The Labute approximate surface area is 135 Å². The normalized spacial score (nSPS) is 13.3. The maximum atomic E-state index is 12.7. The molecule has 0 saturated heterocycles. The second-order valence-electron chi connectivity index (χ2n) is 6.13. The molecule has 1 heterocycles. The number of ketones is 1. The highest BCUT2D eigenvalue weighted by Crippen LogP contribution is 2.26. The first-order valence-corrected chi connectivity index (χ1v) is 7.89. The Bertz CT molecular complexity index is 777. The van der Waals surface area contributed by atoms with Crippen LogP contribution in [0.3, 0.4) is 0 Å². The highest BCUT2D eigenvalue weighted by atomic mass is 16.2. The van der Waals surface area contributed by atoms with E-state index in [2.05, 4.69) is 5.10 Å². The van der Waals surface area contributed by atoms with E-state index in [1.54, 1.807) is 18.0 Å². The average Bonchev–Trinajstić information content (AvgIpc) is 3.06. The Morgan fingerprint density at radius 2 is 2.09 bits per heavy atom. The average molecular weight is 311 g/mol. The maximum absolute atomic E-state index is 12.7. The third-order valence-corrected chi connectivity index (χ3v) is 4.41. The number of Topliss-reactive ketones (excluding diaryl/α,β-unsaturated/α-hetero) is 1. The fourth-order valence-electron chi connectivity index (χ4n) is 3.14. The van der Waals surface area contributed by atoms with Gasteiger partial charge in [-0.1, -0.05) is 12.1 Å². The minimum absolute atomic E-state index is 0.0296. The number of benzene rings is 1. The van der Waals surface area contributed by atoms with Crippen molar-refractivity contribution in [3.63, 3.8) is 0 Å². The minimum Gasteiger partial charge on any atom is -0.340 e. The van der Waals surface area contributed by atoms with E-state index in [0.29, 0.717) is 37.1 Å². The summed E-state index contributed by atoms with van der Waals surface area (Å²) in [6.07, 6.45) is 1.18. The lowest BCUT2D eigenvalue weighted by Gasteiger charge is -2.19. The summed E-state index contributed by atoms with van der Waals surface area (Å²) in [4.78, 5) is 26.2. The van der Waals surface area contributed by atoms with Crippen molar-refractivity contribution in [2.45, 2.75) is 33.2 Å². The molecule has 0 bridgehead atoms. The first kappa shape index (κ1) is 15.5. The van der Waals surface area contributed by atoms with Crippen molar-refractivity contribution >= 4 is 11.7 Å². The van der Waals surface area contributed by atoms with Crippen LogP contribution >= 0.6 is 0 Å². The quantitative estimate of drug-likeness (QED) is 0.871. The van der Waals surface area contributed by atoms with E-state index < -0.39 is 0 Å². The van der Waals surface area contributed by atoms with E-state index in [0.717, 1.165) is 17.0 Å². The Balaban J connectivity index is 1.73. The van der Waals surface area contributed by atoms with Gasteiger partial charge in [-0.25, -0.2) is 0 Å². The molecular weight excluding hydrogens is 290 g/mol. The smallest absolute Gasteiger partial charge is 0.253 e. The molecule has 1 aromatic heterocycles. The summed E-state index contributed by atoms with van der Waals surface area (Å²) in [5.74, 6) is 0.109. The Morgan fingerprint density at radius 1 is 1.30 bits per heavy atom. The molecule has 1 aliphatic rings. The van der Waals surface area contributed by atoms with Crippen molar-refractivity contribution in [1.29, 1.82) is 0 Å². The first-order valence-electron chi connectivity index (χ1n) is 7.89. The molecular formula is C18H21N3O2. The molecule has 120 valence electrons. The van der Waals surface area contributed by atoms with Crippen molar-refractivity contribution in [2.75, 3.05) is 13.6 Å². The van der Waals surface area contributed by atoms with Crippen LogP contribution in [0, 0.1) is 13.8 Å². The van der Waals surface area contributed by atoms with E-state index in [1.165, 1.54) is 0 Å².